The summed E-state index contributed by atoms with van der Waals surface area (Å²) in [6, 6.07) is 17.9. The number of benzene rings is 2. The molecule has 0 atom stereocenters. The van der Waals surface area contributed by atoms with Gasteiger partial charge in [-0.25, -0.2) is 0 Å². The predicted molar refractivity (Wildman–Crippen MR) is 92.7 cm³/mol. The molecular formula is C19H15N3O2. The van der Waals surface area contributed by atoms with E-state index in [0.717, 1.165) is 10.9 Å². The lowest BCUT2D eigenvalue weighted by Gasteiger charge is -2.12. The number of nitrogens with one attached hydrogen (secondary N) is 1. The van der Waals surface area contributed by atoms with Gasteiger partial charge in [0.05, 0.1) is 17.1 Å². The topological polar surface area (TPSA) is 74.9 Å². The summed E-state index contributed by atoms with van der Waals surface area (Å²) in [5, 5.41) is 12.4. The van der Waals surface area contributed by atoms with Gasteiger partial charge in [-0.05, 0) is 48.7 Å². The monoisotopic (exact) mass is 317 g/mol. The third kappa shape index (κ3) is 3.03. The molecule has 0 spiro atoms. The van der Waals surface area contributed by atoms with Crippen LogP contribution >= 0.6 is 0 Å². The van der Waals surface area contributed by atoms with Gasteiger partial charge in [0.25, 0.3) is 5.56 Å². The molecule has 5 heteroatoms. The summed E-state index contributed by atoms with van der Waals surface area (Å²) < 4.78 is 1.48. The van der Waals surface area contributed by atoms with Crippen LogP contribution in [0.4, 0.5) is 5.69 Å². The Kier molecular flexibility index (Phi) is 4.13. The molecule has 0 aliphatic rings. The number of amides is 1. The maximum absolute atomic E-state index is 12.4. The van der Waals surface area contributed by atoms with E-state index in [2.05, 4.69) is 5.32 Å². The third-order valence-electron chi connectivity index (χ3n) is 3.78. The fourth-order valence-electron chi connectivity index (χ4n) is 2.60. The van der Waals surface area contributed by atoms with E-state index < -0.39 is 0 Å². The Hall–Kier alpha value is -3.39. The fourth-order valence-corrected chi connectivity index (χ4v) is 2.60. The van der Waals surface area contributed by atoms with Crippen molar-refractivity contribution in [1.29, 1.82) is 5.26 Å². The molecule has 24 heavy (non-hydrogen) atoms. The molecular weight excluding hydrogens is 302 g/mol. The number of aromatic nitrogens is 1. The second-order valence-corrected chi connectivity index (χ2v) is 5.51. The van der Waals surface area contributed by atoms with Gasteiger partial charge >= 0.3 is 0 Å². The van der Waals surface area contributed by atoms with Crippen molar-refractivity contribution in [1.82, 2.24) is 4.57 Å². The number of para-hydroxylation sites is 1. The maximum Gasteiger partial charge on any atom is 0.254 e. The van der Waals surface area contributed by atoms with E-state index in [1.54, 1.807) is 31.2 Å². The lowest BCUT2D eigenvalue weighted by molar-refractivity contribution is -0.116. The zero-order chi connectivity index (χ0) is 17.1. The van der Waals surface area contributed by atoms with Gasteiger partial charge in [-0.3, -0.25) is 14.2 Å². The van der Waals surface area contributed by atoms with Crippen LogP contribution in [0.1, 0.15) is 11.1 Å². The van der Waals surface area contributed by atoms with E-state index in [1.165, 1.54) is 4.57 Å². The molecule has 1 N–H and O–H groups in total. The van der Waals surface area contributed by atoms with Crippen LogP contribution in [0.3, 0.4) is 0 Å². The van der Waals surface area contributed by atoms with Crippen molar-refractivity contribution in [2.45, 2.75) is 13.5 Å². The summed E-state index contributed by atoms with van der Waals surface area (Å²) in [5.74, 6) is -0.294. The number of carbonyl (C=O) groups is 1. The normalized spacial score (nSPS) is 10.3. The van der Waals surface area contributed by atoms with Gasteiger partial charge in [0, 0.05) is 11.3 Å². The first kappa shape index (κ1) is 15.5. The highest BCUT2D eigenvalue weighted by atomic mass is 16.2. The van der Waals surface area contributed by atoms with E-state index in [0.29, 0.717) is 16.8 Å². The van der Waals surface area contributed by atoms with Crippen LogP contribution < -0.4 is 10.9 Å². The summed E-state index contributed by atoms with van der Waals surface area (Å²) in [7, 11) is 0. The van der Waals surface area contributed by atoms with Gasteiger partial charge in [0.1, 0.15) is 6.54 Å². The third-order valence-corrected chi connectivity index (χ3v) is 3.78. The molecule has 0 bridgehead atoms. The fraction of sp³-hybridized carbons (Fsp3) is 0.105. The highest BCUT2D eigenvalue weighted by Crippen LogP contribution is 2.14. The number of nitrogens with zero attached hydrogens (tertiary/aromatic N) is 2. The Morgan fingerprint density at radius 2 is 1.88 bits per heavy atom. The second-order valence-electron chi connectivity index (χ2n) is 5.51. The second kappa shape index (κ2) is 6.39. The van der Waals surface area contributed by atoms with E-state index in [9.17, 15) is 9.59 Å². The molecule has 0 aliphatic heterocycles. The number of carbonyl (C=O) groups excluding carboxylic acids is 1. The van der Waals surface area contributed by atoms with Gasteiger partial charge < -0.3 is 5.32 Å². The zero-order valence-electron chi connectivity index (χ0n) is 13.1. The molecule has 3 rings (SSSR count). The summed E-state index contributed by atoms with van der Waals surface area (Å²) in [4.78, 5) is 24.7. The number of hydrogen-bond donors (Lipinski definition) is 1. The Morgan fingerprint density at radius 3 is 2.58 bits per heavy atom. The van der Waals surface area contributed by atoms with Gasteiger partial charge in [-0.1, -0.05) is 18.2 Å². The highest BCUT2D eigenvalue weighted by molar-refractivity contribution is 5.91. The number of fused-ring (bicyclic) bond motifs is 1. The van der Waals surface area contributed by atoms with Crippen molar-refractivity contribution in [3.05, 3.63) is 76.1 Å². The van der Waals surface area contributed by atoms with Crippen LogP contribution in [-0.2, 0) is 11.3 Å². The molecule has 2 aromatic carbocycles. The molecule has 3 aromatic rings. The average molecular weight is 317 g/mol. The Morgan fingerprint density at radius 1 is 1.17 bits per heavy atom. The minimum absolute atomic E-state index is 0.0684. The number of aryl methyl sites for hydroxylation is 1. The number of rotatable bonds is 3. The largest absolute Gasteiger partial charge is 0.325 e. The molecule has 0 radical (unpaired) electrons. The van der Waals surface area contributed by atoms with E-state index in [-0.39, 0.29) is 18.0 Å². The summed E-state index contributed by atoms with van der Waals surface area (Å²) >= 11 is 0. The summed E-state index contributed by atoms with van der Waals surface area (Å²) in [6.45, 7) is 1.67. The van der Waals surface area contributed by atoms with Crippen LogP contribution in [0.15, 0.2) is 59.4 Å². The molecule has 1 heterocycles. The van der Waals surface area contributed by atoms with Crippen molar-refractivity contribution < 1.29 is 4.79 Å². The molecule has 1 amide bonds. The summed E-state index contributed by atoms with van der Waals surface area (Å²) in [5.41, 5.74) is 2.25. The first-order valence-electron chi connectivity index (χ1n) is 7.47. The van der Waals surface area contributed by atoms with E-state index in [4.69, 9.17) is 5.26 Å². The maximum atomic E-state index is 12.4. The van der Waals surface area contributed by atoms with Crippen LogP contribution in [0.2, 0.25) is 0 Å². The number of hydrogen-bond acceptors (Lipinski definition) is 3. The highest BCUT2D eigenvalue weighted by Gasteiger charge is 2.10. The molecule has 1 aromatic heterocycles. The molecule has 5 nitrogen and oxygen atoms in total. The van der Waals surface area contributed by atoms with Crippen molar-refractivity contribution in [2.24, 2.45) is 0 Å². The van der Waals surface area contributed by atoms with Crippen molar-refractivity contribution in [3.63, 3.8) is 0 Å². The molecule has 0 aliphatic carbocycles. The standard InChI is InChI=1S/C19H15N3O2/c1-13-10-15-4-2-3-5-17(15)22(19(13)24)12-18(23)21-16-8-6-14(11-20)7-9-16/h2-10H,12H2,1H3,(H,21,23). The molecule has 0 fully saturated rings. The zero-order valence-corrected chi connectivity index (χ0v) is 13.1. The Labute approximate surface area is 138 Å². The van der Waals surface area contributed by atoms with Gasteiger partial charge in [0.15, 0.2) is 0 Å². The number of anilines is 1. The minimum atomic E-state index is -0.294. The van der Waals surface area contributed by atoms with Crippen LogP contribution in [0.5, 0.6) is 0 Å². The van der Waals surface area contributed by atoms with Gasteiger partial charge in [-0.15, -0.1) is 0 Å². The molecule has 118 valence electrons. The molecule has 0 saturated heterocycles. The van der Waals surface area contributed by atoms with Crippen LogP contribution in [0.25, 0.3) is 10.9 Å². The average Bonchev–Trinajstić information content (AvgIpc) is 2.59. The van der Waals surface area contributed by atoms with Crippen LogP contribution in [0, 0.1) is 18.3 Å². The molecule has 0 saturated carbocycles. The smallest absolute Gasteiger partial charge is 0.254 e. The lowest BCUT2D eigenvalue weighted by atomic mass is 10.1. The minimum Gasteiger partial charge on any atom is -0.325 e. The first-order valence-corrected chi connectivity index (χ1v) is 7.47. The predicted octanol–water partition coefficient (Wildman–Crippen LogP) is 2.82. The SMILES string of the molecule is Cc1cc2ccccc2n(CC(=O)Nc2ccc(C#N)cc2)c1=O. The van der Waals surface area contributed by atoms with E-state index >= 15 is 0 Å². The van der Waals surface area contributed by atoms with Crippen molar-refractivity contribution >= 4 is 22.5 Å². The summed E-state index contributed by atoms with van der Waals surface area (Å²) in [6.07, 6.45) is 0. The first-order chi connectivity index (χ1) is 11.6. The van der Waals surface area contributed by atoms with E-state index in [1.807, 2.05) is 36.4 Å². The Bertz CT molecular complexity index is 1010. The van der Waals surface area contributed by atoms with Crippen molar-refractivity contribution in [2.75, 3.05) is 5.32 Å². The lowest BCUT2D eigenvalue weighted by Crippen LogP contribution is -2.29. The van der Waals surface area contributed by atoms with Gasteiger partial charge in [-0.2, -0.15) is 5.26 Å². The van der Waals surface area contributed by atoms with Gasteiger partial charge in [0.2, 0.25) is 5.91 Å². The van der Waals surface area contributed by atoms with Crippen LogP contribution in [-0.4, -0.2) is 10.5 Å². The quantitative estimate of drug-likeness (QED) is 0.807. The van der Waals surface area contributed by atoms with Crippen molar-refractivity contribution in [3.8, 4) is 6.07 Å². The Balaban J connectivity index is 1.89. The number of pyridine rings is 1. The number of nitriles is 1. The molecule has 0 unspecified atom stereocenters.